The Morgan fingerprint density at radius 2 is 1.84 bits per heavy atom. The fourth-order valence-corrected chi connectivity index (χ4v) is 1.98. The first-order valence-corrected chi connectivity index (χ1v) is 7.15. The highest BCUT2D eigenvalue weighted by atomic mass is 16.5. The zero-order chi connectivity index (χ0) is 14.3. The second-order valence-corrected chi connectivity index (χ2v) is 4.68. The minimum atomic E-state index is 0.121. The Morgan fingerprint density at radius 1 is 1.21 bits per heavy atom. The van der Waals surface area contributed by atoms with Crippen LogP contribution in [-0.4, -0.2) is 37.1 Å². The van der Waals surface area contributed by atoms with Crippen LogP contribution in [-0.2, 0) is 4.74 Å². The van der Waals surface area contributed by atoms with Crippen molar-refractivity contribution in [2.24, 2.45) is 0 Å². The molecule has 0 unspecified atom stereocenters. The molecule has 1 aromatic carbocycles. The Bertz CT molecular complexity index is 395. The summed E-state index contributed by atoms with van der Waals surface area (Å²) in [5, 5.41) is 0. The SMILES string of the molecule is CC.CC(C)c1cccc(C(=O)N2CCOCC2)c1. The lowest BCUT2D eigenvalue weighted by molar-refractivity contribution is 0.0303. The molecule has 106 valence electrons. The summed E-state index contributed by atoms with van der Waals surface area (Å²) in [6.45, 7) is 11.0. The van der Waals surface area contributed by atoms with Crippen LogP contribution in [0.15, 0.2) is 24.3 Å². The van der Waals surface area contributed by atoms with Crippen LogP contribution in [0, 0.1) is 0 Å². The van der Waals surface area contributed by atoms with Gasteiger partial charge in [-0.05, 0) is 23.6 Å². The average molecular weight is 263 g/mol. The molecule has 3 heteroatoms. The second kappa shape index (κ2) is 7.95. The van der Waals surface area contributed by atoms with Crippen LogP contribution in [0.1, 0.15) is 49.5 Å². The summed E-state index contributed by atoms with van der Waals surface area (Å²) < 4.78 is 5.25. The van der Waals surface area contributed by atoms with E-state index in [4.69, 9.17) is 4.74 Å². The monoisotopic (exact) mass is 263 g/mol. The summed E-state index contributed by atoms with van der Waals surface area (Å²) in [6, 6.07) is 7.93. The van der Waals surface area contributed by atoms with Crippen molar-refractivity contribution in [1.29, 1.82) is 0 Å². The number of benzene rings is 1. The molecule has 1 heterocycles. The van der Waals surface area contributed by atoms with E-state index in [1.807, 2.05) is 36.9 Å². The van der Waals surface area contributed by atoms with Crippen molar-refractivity contribution in [3.8, 4) is 0 Å². The summed E-state index contributed by atoms with van der Waals surface area (Å²) in [6.07, 6.45) is 0. The van der Waals surface area contributed by atoms with Gasteiger partial charge in [-0.3, -0.25) is 4.79 Å². The predicted octanol–water partition coefficient (Wildman–Crippen LogP) is 3.31. The van der Waals surface area contributed by atoms with Gasteiger partial charge in [0.2, 0.25) is 0 Å². The van der Waals surface area contributed by atoms with Crippen molar-refractivity contribution >= 4 is 5.91 Å². The predicted molar refractivity (Wildman–Crippen MR) is 78.6 cm³/mol. The minimum Gasteiger partial charge on any atom is -0.378 e. The van der Waals surface area contributed by atoms with Crippen LogP contribution < -0.4 is 0 Å². The number of hydrogen-bond acceptors (Lipinski definition) is 2. The molecular weight excluding hydrogens is 238 g/mol. The average Bonchev–Trinajstić information content (AvgIpc) is 2.49. The molecule has 1 amide bonds. The third-order valence-electron chi connectivity index (χ3n) is 3.10. The number of morpholine rings is 1. The molecule has 0 aromatic heterocycles. The molecule has 1 aromatic rings. The molecule has 1 saturated heterocycles. The molecule has 19 heavy (non-hydrogen) atoms. The molecule has 0 N–H and O–H groups in total. The van der Waals surface area contributed by atoms with Crippen molar-refractivity contribution in [2.45, 2.75) is 33.6 Å². The highest BCUT2D eigenvalue weighted by Gasteiger charge is 2.18. The molecule has 0 saturated carbocycles. The van der Waals surface area contributed by atoms with E-state index < -0.39 is 0 Å². The summed E-state index contributed by atoms with van der Waals surface area (Å²) in [4.78, 5) is 14.1. The third-order valence-corrected chi connectivity index (χ3v) is 3.10. The van der Waals surface area contributed by atoms with Crippen molar-refractivity contribution in [1.82, 2.24) is 4.90 Å². The summed E-state index contributed by atoms with van der Waals surface area (Å²) in [5.41, 5.74) is 2.00. The van der Waals surface area contributed by atoms with Crippen molar-refractivity contribution < 1.29 is 9.53 Å². The summed E-state index contributed by atoms with van der Waals surface area (Å²) in [7, 11) is 0. The largest absolute Gasteiger partial charge is 0.378 e. The van der Waals surface area contributed by atoms with E-state index in [1.165, 1.54) is 5.56 Å². The lowest BCUT2D eigenvalue weighted by atomic mass is 10.0. The third kappa shape index (κ3) is 4.35. The second-order valence-electron chi connectivity index (χ2n) is 4.68. The Labute approximate surface area is 116 Å². The van der Waals surface area contributed by atoms with Crippen LogP contribution in [0.3, 0.4) is 0 Å². The van der Waals surface area contributed by atoms with E-state index >= 15 is 0 Å². The number of rotatable bonds is 2. The van der Waals surface area contributed by atoms with Crippen LogP contribution in [0.4, 0.5) is 0 Å². The molecule has 0 radical (unpaired) electrons. The quantitative estimate of drug-likeness (QED) is 0.819. The van der Waals surface area contributed by atoms with Gasteiger partial charge in [0.15, 0.2) is 0 Å². The molecule has 1 fully saturated rings. The molecule has 0 bridgehead atoms. The van der Waals surface area contributed by atoms with Gasteiger partial charge < -0.3 is 9.64 Å². The van der Waals surface area contributed by atoms with Crippen molar-refractivity contribution in [3.63, 3.8) is 0 Å². The Morgan fingerprint density at radius 3 is 2.42 bits per heavy atom. The van der Waals surface area contributed by atoms with Crippen LogP contribution in [0.2, 0.25) is 0 Å². The number of amides is 1. The summed E-state index contributed by atoms with van der Waals surface area (Å²) in [5.74, 6) is 0.572. The first-order valence-electron chi connectivity index (χ1n) is 7.15. The van der Waals surface area contributed by atoms with E-state index in [0.717, 1.165) is 5.56 Å². The fourth-order valence-electron chi connectivity index (χ4n) is 1.98. The maximum Gasteiger partial charge on any atom is 0.254 e. The van der Waals surface area contributed by atoms with Gasteiger partial charge in [0.1, 0.15) is 0 Å². The van der Waals surface area contributed by atoms with E-state index in [1.54, 1.807) is 0 Å². The molecule has 3 nitrogen and oxygen atoms in total. The van der Waals surface area contributed by atoms with Crippen LogP contribution in [0.5, 0.6) is 0 Å². The van der Waals surface area contributed by atoms with E-state index in [0.29, 0.717) is 32.2 Å². The number of carbonyl (C=O) groups excluding carboxylic acids is 1. The maximum atomic E-state index is 12.2. The molecule has 2 rings (SSSR count). The Kier molecular flexibility index (Phi) is 6.57. The van der Waals surface area contributed by atoms with Crippen molar-refractivity contribution in [2.75, 3.05) is 26.3 Å². The van der Waals surface area contributed by atoms with Gasteiger partial charge in [-0.15, -0.1) is 0 Å². The van der Waals surface area contributed by atoms with Gasteiger partial charge in [-0.1, -0.05) is 39.8 Å². The zero-order valence-corrected chi connectivity index (χ0v) is 12.5. The highest BCUT2D eigenvalue weighted by molar-refractivity contribution is 5.94. The molecule has 0 aliphatic carbocycles. The Hall–Kier alpha value is -1.35. The van der Waals surface area contributed by atoms with E-state index in [2.05, 4.69) is 19.9 Å². The van der Waals surface area contributed by atoms with E-state index in [9.17, 15) is 4.79 Å². The topological polar surface area (TPSA) is 29.5 Å². The lowest BCUT2D eigenvalue weighted by Crippen LogP contribution is -2.40. The summed E-state index contributed by atoms with van der Waals surface area (Å²) >= 11 is 0. The maximum absolute atomic E-state index is 12.2. The lowest BCUT2D eigenvalue weighted by Gasteiger charge is -2.27. The minimum absolute atomic E-state index is 0.121. The van der Waals surface area contributed by atoms with Gasteiger partial charge >= 0.3 is 0 Å². The number of hydrogen-bond donors (Lipinski definition) is 0. The fraction of sp³-hybridized carbons (Fsp3) is 0.562. The van der Waals surface area contributed by atoms with Crippen LogP contribution >= 0.6 is 0 Å². The van der Waals surface area contributed by atoms with Gasteiger partial charge in [0.05, 0.1) is 13.2 Å². The molecule has 0 spiro atoms. The highest BCUT2D eigenvalue weighted by Crippen LogP contribution is 2.17. The number of nitrogens with zero attached hydrogens (tertiary/aromatic N) is 1. The number of ether oxygens (including phenoxy) is 1. The molecule has 1 aliphatic heterocycles. The van der Waals surface area contributed by atoms with Gasteiger partial charge in [0.25, 0.3) is 5.91 Å². The first kappa shape index (κ1) is 15.7. The van der Waals surface area contributed by atoms with Crippen molar-refractivity contribution in [3.05, 3.63) is 35.4 Å². The zero-order valence-electron chi connectivity index (χ0n) is 12.5. The normalized spacial score (nSPS) is 14.9. The standard InChI is InChI=1S/C14H19NO2.C2H6/c1-11(2)12-4-3-5-13(10-12)14(16)15-6-8-17-9-7-15;1-2/h3-5,10-11H,6-9H2,1-2H3;1-2H3. The van der Waals surface area contributed by atoms with Crippen LogP contribution in [0.25, 0.3) is 0 Å². The van der Waals surface area contributed by atoms with Gasteiger partial charge in [0, 0.05) is 18.7 Å². The van der Waals surface area contributed by atoms with Gasteiger partial charge in [-0.2, -0.15) is 0 Å². The smallest absolute Gasteiger partial charge is 0.254 e. The molecule has 1 aliphatic rings. The Balaban J connectivity index is 0.000000861. The van der Waals surface area contributed by atoms with E-state index in [-0.39, 0.29) is 5.91 Å². The molecular formula is C16H25NO2. The number of carbonyl (C=O) groups is 1. The van der Waals surface area contributed by atoms with Gasteiger partial charge in [-0.25, -0.2) is 0 Å². The first-order chi connectivity index (χ1) is 9.18. The molecule has 0 atom stereocenters.